The van der Waals surface area contributed by atoms with Crippen molar-refractivity contribution in [3.63, 3.8) is 0 Å². The first-order valence-electron chi connectivity index (χ1n) is 9.60. The molecule has 4 rings (SSSR count). The molecular weight excluding hydrogens is 419 g/mol. The van der Waals surface area contributed by atoms with E-state index in [0.717, 1.165) is 5.56 Å². The maximum absolute atomic E-state index is 13.3. The number of anilines is 1. The smallest absolute Gasteiger partial charge is 0.240 e. The Hall–Kier alpha value is -3.58. The Morgan fingerprint density at radius 1 is 1.10 bits per heavy atom. The molecule has 8 heteroatoms. The summed E-state index contributed by atoms with van der Waals surface area (Å²) in [4.78, 5) is 35.8. The highest BCUT2D eigenvalue weighted by molar-refractivity contribution is 6.31. The van der Waals surface area contributed by atoms with E-state index in [1.54, 1.807) is 36.5 Å². The second kappa shape index (κ2) is 9.06. The molecule has 0 radical (unpaired) electrons. The van der Waals surface area contributed by atoms with Gasteiger partial charge in [-0.3, -0.25) is 14.5 Å². The molecule has 0 saturated carbocycles. The number of rotatable bonds is 5. The fourth-order valence-corrected chi connectivity index (χ4v) is 3.44. The zero-order chi connectivity index (χ0) is 21.8. The van der Waals surface area contributed by atoms with Crippen LogP contribution >= 0.6 is 11.6 Å². The van der Waals surface area contributed by atoms with Crippen LogP contribution in [0, 0.1) is 5.82 Å². The van der Waals surface area contributed by atoms with E-state index < -0.39 is 0 Å². The van der Waals surface area contributed by atoms with Crippen LogP contribution < -0.4 is 10.2 Å². The maximum Gasteiger partial charge on any atom is 0.240 e. The number of pyridine rings is 1. The first kappa shape index (κ1) is 20.7. The first-order valence-corrected chi connectivity index (χ1v) is 9.98. The molecule has 1 aliphatic rings. The summed E-state index contributed by atoms with van der Waals surface area (Å²) in [6.45, 7) is 0.0342. The zero-order valence-corrected chi connectivity index (χ0v) is 17.1. The molecule has 0 unspecified atom stereocenters. The van der Waals surface area contributed by atoms with Crippen LogP contribution in [0.15, 0.2) is 71.9 Å². The Morgan fingerprint density at radius 2 is 1.87 bits per heavy atom. The molecule has 0 aliphatic carbocycles. The summed E-state index contributed by atoms with van der Waals surface area (Å²) in [7, 11) is 0. The molecule has 0 bridgehead atoms. The highest BCUT2D eigenvalue weighted by atomic mass is 35.5. The van der Waals surface area contributed by atoms with Crippen molar-refractivity contribution in [2.45, 2.75) is 13.0 Å². The van der Waals surface area contributed by atoms with Crippen molar-refractivity contribution in [3.05, 3.63) is 88.8 Å². The number of amides is 2. The number of carbonyl (C=O) groups is 2. The van der Waals surface area contributed by atoms with Crippen molar-refractivity contribution in [3.8, 4) is 0 Å². The van der Waals surface area contributed by atoms with Crippen molar-refractivity contribution < 1.29 is 14.0 Å². The second-order valence-electron chi connectivity index (χ2n) is 6.94. The van der Waals surface area contributed by atoms with Gasteiger partial charge in [-0.15, -0.1) is 0 Å². The number of hydrogen-bond donors (Lipinski definition) is 1. The van der Waals surface area contributed by atoms with E-state index >= 15 is 0 Å². The number of fused-ring (bicyclic) bond motifs is 1. The molecule has 31 heavy (non-hydrogen) atoms. The van der Waals surface area contributed by atoms with Crippen molar-refractivity contribution in [1.29, 1.82) is 0 Å². The van der Waals surface area contributed by atoms with Gasteiger partial charge in [0, 0.05) is 17.8 Å². The van der Waals surface area contributed by atoms with Gasteiger partial charge in [0.1, 0.15) is 18.0 Å². The summed E-state index contributed by atoms with van der Waals surface area (Å²) in [5, 5.41) is 3.34. The molecule has 1 aromatic heterocycles. The minimum atomic E-state index is -0.372. The molecule has 2 aromatic carbocycles. The van der Waals surface area contributed by atoms with Gasteiger partial charge in [0.2, 0.25) is 11.8 Å². The Kier molecular flexibility index (Phi) is 6.04. The number of nitrogens with one attached hydrogen (secondary N) is 1. The van der Waals surface area contributed by atoms with Crippen molar-refractivity contribution >= 4 is 40.6 Å². The Bertz CT molecular complexity index is 1160. The standard InChI is InChI=1S/C23H18ClFN4O2/c24-18-5-2-1-4-16(18)13-27-21(30)14-29-22(31)12-20(15-7-9-17(25)10-8-15)28-19-6-3-11-26-23(19)29/h1-11H,12-14H2,(H,27,30). The van der Waals surface area contributed by atoms with Gasteiger partial charge in [0.05, 0.1) is 12.1 Å². The van der Waals surface area contributed by atoms with Gasteiger partial charge in [0.15, 0.2) is 5.82 Å². The largest absolute Gasteiger partial charge is 0.350 e. The molecule has 156 valence electrons. The molecule has 0 atom stereocenters. The normalized spacial score (nSPS) is 13.3. The van der Waals surface area contributed by atoms with Gasteiger partial charge >= 0.3 is 0 Å². The number of aliphatic imine (C=N–C) groups is 1. The number of halogens is 2. The van der Waals surface area contributed by atoms with E-state index in [1.807, 2.05) is 18.2 Å². The summed E-state index contributed by atoms with van der Waals surface area (Å²) >= 11 is 6.13. The van der Waals surface area contributed by atoms with Crippen molar-refractivity contribution in [1.82, 2.24) is 10.3 Å². The van der Waals surface area contributed by atoms with Crippen LogP contribution in [0.2, 0.25) is 5.02 Å². The maximum atomic E-state index is 13.3. The summed E-state index contributed by atoms with van der Waals surface area (Å²) in [6.07, 6.45) is 1.50. The molecule has 2 heterocycles. The van der Waals surface area contributed by atoms with Crippen molar-refractivity contribution in [2.75, 3.05) is 11.4 Å². The molecule has 1 N–H and O–H groups in total. The summed E-state index contributed by atoms with van der Waals surface area (Å²) in [5.74, 6) is -0.746. The number of hydrogen-bond acceptors (Lipinski definition) is 4. The van der Waals surface area contributed by atoms with Crippen LogP contribution in [0.3, 0.4) is 0 Å². The van der Waals surface area contributed by atoms with E-state index in [0.29, 0.717) is 27.8 Å². The fraction of sp³-hybridized carbons (Fsp3) is 0.130. The van der Waals surface area contributed by atoms with Crippen LogP contribution in [0.5, 0.6) is 0 Å². The van der Waals surface area contributed by atoms with Gasteiger partial charge in [-0.2, -0.15) is 0 Å². The van der Waals surface area contributed by atoms with Crippen LogP contribution in [0.25, 0.3) is 0 Å². The molecular formula is C23H18ClFN4O2. The highest BCUT2D eigenvalue weighted by Crippen LogP contribution is 2.30. The number of carbonyl (C=O) groups excluding carboxylic acids is 2. The molecule has 0 saturated heterocycles. The predicted octanol–water partition coefficient (Wildman–Crippen LogP) is 4.05. The van der Waals surface area contributed by atoms with E-state index in [1.165, 1.54) is 17.0 Å². The van der Waals surface area contributed by atoms with Crippen LogP contribution in [-0.4, -0.2) is 29.1 Å². The third-order valence-corrected chi connectivity index (χ3v) is 5.18. The average molecular weight is 437 g/mol. The van der Waals surface area contributed by atoms with Crippen LogP contribution in [0.1, 0.15) is 17.5 Å². The summed E-state index contributed by atoms with van der Waals surface area (Å²) in [6, 6.07) is 16.4. The minimum Gasteiger partial charge on any atom is -0.350 e. The Balaban J connectivity index is 1.54. The van der Waals surface area contributed by atoms with Gasteiger partial charge in [-0.05, 0) is 41.5 Å². The monoisotopic (exact) mass is 436 g/mol. The summed E-state index contributed by atoms with van der Waals surface area (Å²) < 4.78 is 13.3. The quantitative estimate of drug-likeness (QED) is 0.655. The number of aromatic nitrogens is 1. The molecule has 0 fully saturated rings. The third kappa shape index (κ3) is 4.78. The minimum absolute atomic E-state index is 0.0419. The SMILES string of the molecule is O=C(CN1C(=O)CC(c2ccc(F)cc2)=Nc2cccnc21)NCc1ccccc1Cl. The summed E-state index contributed by atoms with van der Waals surface area (Å²) in [5.41, 5.74) is 2.36. The Morgan fingerprint density at radius 3 is 2.65 bits per heavy atom. The molecule has 0 spiro atoms. The lowest BCUT2D eigenvalue weighted by Crippen LogP contribution is -2.41. The number of nitrogens with zero attached hydrogens (tertiary/aromatic N) is 3. The van der Waals surface area contributed by atoms with Crippen molar-refractivity contribution in [2.24, 2.45) is 4.99 Å². The second-order valence-corrected chi connectivity index (χ2v) is 7.34. The van der Waals surface area contributed by atoms with E-state index in [4.69, 9.17) is 11.6 Å². The Labute approximate surface area is 183 Å². The van der Waals surface area contributed by atoms with E-state index in [2.05, 4.69) is 15.3 Å². The molecule has 2 amide bonds. The third-order valence-electron chi connectivity index (χ3n) is 4.81. The predicted molar refractivity (Wildman–Crippen MR) is 117 cm³/mol. The van der Waals surface area contributed by atoms with Crippen LogP contribution in [0.4, 0.5) is 15.9 Å². The van der Waals surface area contributed by atoms with Gasteiger partial charge in [0.25, 0.3) is 0 Å². The van der Waals surface area contributed by atoms with Gasteiger partial charge < -0.3 is 5.32 Å². The van der Waals surface area contributed by atoms with E-state index in [-0.39, 0.29) is 37.1 Å². The first-order chi connectivity index (χ1) is 15.0. The molecule has 3 aromatic rings. The van der Waals surface area contributed by atoms with Crippen LogP contribution in [-0.2, 0) is 16.1 Å². The molecule has 6 nitrogen and oxygen atoms in total. The lowest BCUT2D eigenvalue weighted by atomic mass is 10.1. The fourth-order valence-electron chi connectivity index (χ4n) is 3.23. The lowest BCUT2D eigenvalue weighted by Gasteiger charge is -2.20. The topological polar surface area (TPSA) is 74.7 Å². The zero-order valence-electron chi connectivity index (χ0n) is 16.4. The highest BCUT2D eigenvalue weighted by Gasteiger charge is 2.27. The molecule has 1 aliphatic heterocycles. The van der Waals surface area contributed by atoms with E-state index in [9.17, 15) is 14.0 Å². The average Bonchev–Trinajstić information content (AvgIpc) is 2.90. The van der Waals surface area contributed by atoms with Gasteiger partial charge in [-0.25, -0.2) is 14.4 Å². The van der Waals surface area contributed by atoms with Gasteiger partial charge in [-0.1, -0.05) is 41.9 Å². The number of benzene rings is 2. The lowest BCUT2D eigenvalue weighted by molar-refractivity contribution is -0.123.